The lowest BCUT2D eigenvalue weighted by Gasteiger charge is -2.10. The highest BCUT2D eigenvalue weighted by Crippen LogP contribution is 2.25. The standard InChI is InChI=1S/C12H19N7OS2/c1-9(20)18(4)11-13-10(7-21-11)8-22-12-14-15-16-19(12)6-5-17(2)3/h7H,5-6,8H2,1-4H3. The lowest BCUT2D eigenvalue weighted by Crippen LogP contribution is -2.22. The Morgan fingerprint density at radius 2 is 2.18 bits per heavy atom. The van der Waals surface area contributed by atoms with E-state index in [0.29, 0.717) is 10.9 Å². The van der Waals surface area contributed by atoms with E-state index in [4.69, 9.17) is 0 Å². The Morgan fingerprint density at radius 1 is 1.41 bits per heavy atom. The molecule has 0 unspecified atom stereocenters. The predicted molar refractivity (Wildman–Crippen MR) is 87.1 cm³/mol. The van der Waals surface area contributed by atoms with Crippen molar-refractivity contribution < 1.29 is 4.79 Å². The van der Waals surface area contributed by atoms with Crippen LogP contribution in [-0.2, 0) is 17.1 Å². The SMILES string of the molecule is CC(=O)N(C)c1nc(CSc2nnnn2CCN(C)C)cs1. The number of tetrazole rings is 1. The summed E-state index contributed by atoms with van der Waals surface area (Å²) in [6.45, 7) is 3.15. The Balaban J connectivity index is 1.93. The maximum atomic E-state index is 11.3. The first kappa shape index (κ1) is 16.8. The molecule has 22 heavy (non-hydrogen) atoms. The summed E-state index contributed by atoms with van der Waals surface area (Å²) in [5.74, 6) is 0.645. The third-order valence-electron chi connectivity index (χ3n) is 2.91. The van der Waals surface area contributed by atoms with Crippen molar-refractivity contribution in [1.29, 1.82) is 0 Å². The van der Waals surface area contributed by atoms with Gasteiger partial charge in [0.1, 0.15) is 0 Å². The first-order valence-corrected chi connectivity index (χ1v) is 8.56. The molecule has 8 nitrogen and oxygen atoms in total. The molecule has 10 heteroatoms. The van der Waals surface area contributed by atoms with Crippen molar-refractivity contribution >= 4 is 34.1 Å². The molecule has 0 aliphatic carbocycles. The maximum Gasteiger partial charge on any atom is 0.225 e. The minimum atomic E-state index is -0.0267. The van der Waals surface area contributed by atoms with Gasteiger partial charge in [0.15, 0.2) is 5.13 Å². The van der Waals surface area contributed by atoms with Crippen LogP contribution < -0.4 is 4.90 Å². The Bertz CT molecular complexity index is 625. The van der Waals surface area contributed by atoms with Crippen molar-refractivity contribution in [2.24, 2.45) is 0 Å². The Kier molecular flexibility index (Phi) is 5.86. The zero-order valence-corrected chi connectivity index (χ0v) is 14.7. The van der Waals surface area contributed by atoms with E-state index < -0.39 is 0 Å². The van der Waals surface area contributed by atoms with Crippen molar-refractivity contribution in [2.45, 2.75) is 24.4 Å². The molecule has 0 saturated heterocycles. The van der Waals surface area contributed by atoms with Gasteiger partial charge < -0.3 is 4.90 Å². The molecule has 0 bridgehead atoms. The van der Waals surface area contributed by atoms with Crippen LogP contribution in [0.25, 0.3) is 0 Å². The molecule has 0 atom stereocenters. The molecule has 0 saturated carbocycles. The van der Waals surface area contributed by atoms with Gasteiger partial charge in [-0.25, -0.2) is 9.67 Å². The van der Waals surface area contributed by atoms with Crippen LogP contribution in [0.1, 0.15) is 12.6 Å². The van der Waals surface area contributed by atoms with E-state index in [1.807, 2.05) is 19.5 Å². The van der Waals surface area contributed by atoms with Crippen LogP contribution in [0.5, 0.6) is 0 Å². The van der Waals surface area contributed by atoms with Crippen molar-refractivity contribution in [3.05, 3.63) is 11.1 Å². The van der Waals surface area contributed by atoms with E-state index in [1.54, 1.807) is 28.4 Å². The number of aromatic nitrogens is 5. The van der Waals surface area contributed by atoms with Gasteiger partial charge in [0, 0.05) is 31.6 Å². The van der Waals surface area contributed by atoms with Crippen LogP contribution in [0.15, 0.2) is 10.5 Å². The Hall–Kier alpha value is -1.52. The summed E-state index contributed by atoms with van der Waals surface area (Å²) in [6, 6.07) is 0. The summed E-state index contributed by atoms with van der Waals surface area (Å²) in [4.78, 5) is 19.4. The topological polar surface area (TPSA) is 80.0 Å². The predicted octanol–water partition coefficient (Wildman–Crippen LogP) is 0.966. The van der Waals surface area contributed by atoms with Crippen molar-refractivity contribution in [2.75, 3.05) is 32.6 Å². The third-order valence-corrected chi connectivity index (χ3v) is 4.86. The van der Waals surface area contributed by atoms with Gasteiger partial charge >= 0.3 is 0 Å². The number of carbonyl (C=O) groups is 1. The van der Waals surface area contributed by atoms with E-state index >= 15 is 0 Å². The van der Waals surface area contributed by atoms with Crippen LogP contribution in [-0.4, -0.2) is 63.7 Å². The van der Waals surface area contributed by atoms with E-state index in [0.717, 1.165) is 23.9 Å². The molecular weight excluding hydrogens is 322 g/mol. The van der Waals surface area contributed by atoms with E-state index in [2.05, 4.69) is 25.4 Å². The van der Waals surface area contributed by atoms with Crippen molar-refractivity contribution in [3.8, 4) is 0 Å². The Morgan fingerprint density at radius 3 is 2.86 bits per heavy atom. The van der Waals surface area contributed by atoms with Gasteiger partial charge in [-0.1, -0.05) is 11.8 Å². The summed E-state index contributed by atoms with van der Waals surface area (Å²) < 4.78 is 1.79. The number of amides is 1. The monoisotopic (exact) mass is 341 g/mol. The molecule has 0 aliphatic heterocycles. The van der Waals surface area contributed by atoms with Gasteiger partial charge in [-0.05, 0) is 24.5 Å². The van der Waals surface area contributed by atoms with Crippen molar-refractivity contribution in [1.82, 2.24) is 30.1 Å². The summed E-state index contributed by atoms with van der Waals surface area (Å²) in [7, 11) is 5.75. The highest BCUT2D eigenvalue weighted by molar-refractivity contribution is 7.98. The van der Waals surface area contributed by atoms with Gasteiger partial charge in [0.05, 0.1) is 12.2 Å². The molecule has 0 aromatic carbocycles. The van der Waals surface area contributed by atoms with Crippen LogP contribution in [0.3, 0.4) is 0 Å². The molecular formula is C12H19N7OS2. The second-order valence-electron chi connectivity index (χ2n) is 4.98. The second kappa shape index (κ2) is 7.65. The molecule has 2 aromatic rings. The summed E-state index contributed by atoms with van der Waals surface area (Å²) in [6.07, 6.45) is 0. The minimum Gasteiger partial charge on any atom is -0.308 e. The molecule has 0 radical (unpaired) electrons. The molecule has 0 fully saturated rings. The van der Waals surface area contributed by atoms with Crippen LogP contribution in [0.2, 0.25) is 0 Å². The number of thioether (sulfide) groups is 1. The van der Waals surface area contributed by atoms with Gasteiger partial charge in [-0.2, -0.15) is 0 Å². The van der Waals surface area contributed by atoms with Gasteiger partial charge in [0.2, 0.25) is 11.1 Å². The number of carbonyl (C=O) groups excluding carboxylic acids is 1. The zero-order chi connectivity index (χ0) is 16.1. The van der Waals surface area contributed by atoms with Gasteiger partial charge in [0.25, 0.3) is 0 Å². The molecule has 120 valence electrons. The number of hydrogen-bond donors (Lipinski definition) is 0. The number of rotatable bonds is 7. The molecule has 0 spiro atoms. The fourth-order valence-corrected chi connectivity index (χ4v) is 3.26. The summed E-state index contributed by atoms with van der Waals surface area (Å²) >= 11 is 3.00. The number of nitrogens with zero attached hydrogens (tertiary/aromatic N) is 7. The number of likely N-dealkylation sites (N-methyl/N-ethyl adjacent to an activating group) is 1. The van der Waals surface area contributed by atoms with Gasteiger partial charge in [-0.15, -0.1) is 16.4 Å². The highest BCUT2D eigenvalue weighted by Gasteiger charge is 2.12. The van der Waals surface area contributed by atoms with Crippen LogP contribution in [0.4, 0.5) is 5.13 Å². The fourth-order valence-electron chi connectivity index (χ4n) is 1.52. The number of thiazole rings is 1. The molecule has 1 amide bonds. The lowest BCUT2D eigenvalue weighted by atomic mass is 10.6. The number of hydrogen-bond acceptors (Lipinski definition) is 8. The highest BCUT2D eigenvalue weighted by atomic mass is 32.2. The molecule has 2 heterocycles. The molecule has 0 aliphatic rings. The second-order valence-corrected chi connectivity index (χ2v) is 6.76. The van der Waals surface area contributed by atoms with Gasteiger partial charge in [-0.3, -0.25) is 9.69 Å². The normalized spacial score (nSPS) is 11.1. The average molecular weight is 341 g/mol. The molecule has 2 aromatic heterocycles. The first-order valence-electron chi connectivity index (χ1n) is 6.69. The summed E-state index contributed by atoms with van der Waals surface area (Å²) in [5, 5.41) is 15.2. The minimum absolute atomic E-state index is 0.0267. The third kappa shape index (κ3) is 4.49. The number of anilines is 1. The Labute approximate surface area is 137 Å². The van der Waals surface area contributed by atoms with E-state index in [-0.39, 0.29) is 5.91 Å². The van der Waals surface area contributed by atoms with E-state index in [1.165, 1.54) is 18.3 Å². The quantitative estimate of drug-likeness (QED) is 0.694. The fraction of sp³-hybridized carbons (Fsp3) is 0.583. The maximum absolute atomic E-state index is 11.3. The molecule has 2 rings (SSSR count). The first-order chi connectivity index (χ1) is 10.5. The van der Waals surface area contributed by atoms with Crippen LogP contribution in [0, 0.1) is 0 Å². The zero-order valence-electron chi connectivity index (χ0n) is 13.1. The van der Waals surface area contributed by atoms with Crippen LogP contribution >= 0.6 is 23.1 Å². The smallest absolute Gasteiger partial charge is 0.225 e. The summed E-state index contributed by atoms with van der Waals surface area (Å²) in [5.41, 5.74) is 0.917. The van der Waals surface area contributed by atoms with Crippen molar-refractivity contribution in [3.63, 3.8) is 0 Å². The van der Waals surface area contributed by atoms with E-state index in [9.17, 15) is 4.79 Å². The average Bonchev–Trinajstić information content (AvgIpc) is 3.10. The largest absolute Gasteiger partial charge is 0.308 e. The molecule has 0 N–H and O–H groups in total. The lowest BCUT2D eigenvalue weighted by molar-refractivity contribution is -0.116.